The molecule has 0 bridgehead atoms. The van der Waals surface area contributed by atoms with Crippen LogP contribution in [0.2, 0.25) is 0 Å². The van der Waals surface area contributed by atoms with Gasteiger partial charge in [0.05, 0.1) is 23.4 Å². The van der Waals surface area contributed by atoms with Gasteiger partial charge in [-0.2, -0.15) is 5.10 Å². The fourth-order valence-corrected chi connectivity index (χ4v) is 3.66. The maximum atomic E-state index is 12.4. The molecule has 122 valence electrons. The number of H-pyrrole nitrogens is 1. The number of hydrogen-bond acceptors (Lipinski definition) is 5. The number of fused-ring (bicyclic) bond motifs is 2. The summed E-state index contributed by atoms with van der Waals surface area (Å²) in [5.74, 6) is 0. The lowest BCUT2D eigenvalue weighted by molar-refractivity contribution is 0.525. The van der Waals surface area contributed by atoms with E-state index in [9.17, 15) is 4.79 Å². The molecule has 7 heteroatoms. The largest absolute Gasteiger partial charge is 0.308 e. The maximum absolute atomic E-state index is 12.4. The second-order valence-corrected chi connectivity index (χ2v) is 6.63. The van der Waals surface area contributed by atoms with Crippen molar-refractivity contribution in [3.63, 3.8) is 0 Å². The molecule has 0 spiro atoms. The number of rotatable bonds is 5. The number of thiophene rings is 1. The van der Waals surface area contributed by atoms with Crippen LogP contribution in [0.25, 0.3) is 21.1 Å². The Kier molecular flexibility index (Phi) is 3.87. The van der Waals surface area contributed by atoms with Gasteiger partial charge in [-0.3, -0.25) is 14.5 Å². The lowest BCUT2D eigenvalue weighted by atomic mass is 10.0. The number of benzene rings is 1. The quantitative estimate of drug-likeness (QED) is 0.586. The molecule has 0 aliphatic heterocycles. The summed E-state index contributed by atoms with van der Waals surface area (Å²) in [6.07, 6.45) is 3.48. The highest BCUT2D eigenvalue weighted by atomic mass is 32.1. The predicted molar refractivity (Wildman–Crippen MR) is 96.4 cm³/mol. The first-order valence-corrected chi connectivity index (χ1v) is 8.70. The van der Waals surface area contributed by atoms with Gasteiger partial charge in [0.25, 0.3) is 5.56 Å². The van der Waals surface area contributed by atoms with Crippen LogP contribution in [-0.4, -0.2) is 26.3 Å². The molecular formula is C17H17N5OS. The van der Waals surface area contributed by atoms with Gasteiger partial charge in [-0.25, -0.2) is 4.98 Å². The van der Waals surface area contributed by atoms with Crippen LogP contribution in [0.4, 0.5) is 0 Å². The van der Waals surface area contributed by atoms with E-state index in [1.807, 2.05) is 29.8 Å². The SMILES string of the molecule is CC(NCCn1cnc2sccc2c1=O)c1cccc2[nH]ncc12. The number of nitrogens with one attached hydrogen (secondary N) is 2. The molecule has 3 heterocycles. The lowest BCUT2D eigenvalue weighted by Gasteiger charge is -2.15. The third-order valence-corrected chi connectivity index (χ3v) is 5.06. The van der Waals surface area contributed by atoms with E-state index in [0.717, 1.165) is 15.7 Å². The molecule has 0 aliphatic rings. The first-order chi connectivity index (χ1) is 11.7. The van der Waals surface area contributed by atoms with Gasteiger partial charge in [-0.15, -0.1) is 11.3 Å². The number of aromatic nitrogens is 4. The van der Waals surface area contributed by atoms with Gasteiger partial charge in [0.15, 0.2) is 0 Å². The Morgan fingerprint density at radius 1 is 1.33 bits per heavy atom. The average Bonchev–Trinajstić information content (AvgIpc) is 3.25. The highest BCUT2D eigenvalue weighted by Crippen LogP contribution is 2.22. The van der Waals surface area contributed by atoms with E-state index in [0.29, 0.717) is 18.5 Å². The topological polar surface area (TPSA) is 75.6 Å². The van der Waals surface area contributed by atoms with E-state index >= 15 is 0 Å². The summed E-state index contributed by atoms with van der Waals surface area (Å²) >= 11 is 1.49. The van der Waals surface area contributed by atoms with Crippen molar-refractivity contribution in [2.75, 3.05) is 6.54 Å². The molecule has 1 unspecified atom stereocenters. The maximum Gasteiger partial charge on any atom is 0.262 e. The second-order valence-electron chi connectivity index (χ2n) is 5.74. The van der Waals surface area contributed by atoms with Gasteiger partial charge in [0.1, 0.15) is 4.83 Å². The Labute approximate surface area is 142 Å². The fraction of sp³-hybridized carbons (Fsp3) is 0.235. The zero-order chi connectivity index (χ0) is 16.5. The van der Waals surface area contributed by atoms with Crippen molar-refractivity contribution in [1.29, 1.82) is 0 Å². The molecule has 1 aromatic carbocycles. The minimum absolute atomic E-state index is 0.0210. The first kappa shape index (κ1) is 15.0. The fourth-order valence-electron chi connectivity index (χ4n) is 2.93. The highest BCUT2D eigenvalue weighted by molar-refractivity contribution is 7.16. The summed E-state index contributed by atoms with van der Waals surface area (Å²) in [6.45, 7) is 3.39. The second kappa shape index (κ2) is 6.18. The molecule has 4 aromatic rings. The summed E-state index contributed by atoms with van der Waals surface area (Å²) < 4.78 is 1.66. The third kappa shape index (κ3) is 2.61. The number of nitrogens with zero attached hydrogens (tertiary/aromatic N) is 3. The Hall–Kier alpha value is -2.51. The van der Waals surface area contributed by atoms with Crippen molar-refractivity contribution < 1.29 is 0 Å². The monoisotopic (exact) mass is 339 g/mol. The van der Waals surface area contributed by atoms with Crippen LogP contribution < -0.4 is 10.9 Å². The standard InChI is InChI=1S/C17H17N5OS/c1-11(12-3-2-4-15-14(12)9-20-21-15)18-6-7-22-10-19-16-13(17(22)23)5-8-24-16/h2-5,8-11,18H,6-7H2,1H3,(H,20,21). The van der Waals surface area contributed by atoms with Gasteiger partial charge in [-0.1, -0.05) is 12.1 Å². The molecule has 6 nitrogen and oxygen atoms in total. The van der Waals surface area contributed by atoms with Crippen LogP contribution in [0.5, 0.6) is 0 Å². The lowest BCUT2D eigenvalue weighted by Crippen LogP contribution is -2.28. The van der Waals surface area contributed by atoms with Crippen molar-refractivity contribution in [3.8, 4) is 0 Å². The van der Waals surface area contributed by atoms with Crippen LogP contribution in [0.1, 0.15) is 18.5 Å². The molecule has 3 aromatic heterocycles. The summed E-state index contributed by atoms with van der Waals surface area (Å²) in [6, 6.07) is 8.13. The normalized spacial score (nSPS) is 12.9. The van der Waals surface area contributed by atoms with Crippen LogP contribution in [0.3, 0.4) is 0 Å². The minimum atomic E-state index is 0.0210. The summed E-state index contributed by atoms with van der Waals surface area (Å²) in [5, 5.41) is 14.3. The molecule has 1 atom stereocenters. The Balaban J connectivity index is 1.47. The molecular weight excluding hydrogens is 322 g/mol. The molecule has 0 radical (unpaired) electrons. The van der Waals surface area contributed by atoms with Gasteiger partial charge in [-0.05, 0) is 30.0 Å². The number of hydrogen-bond donors (Lipinski definition) is 2. The minimum Gasteiger partial charge on any atom is -0.308 e. The van der Waals surface area contributed by atoms with Crippen molar-refractivity contribution >= 4 is 32.5 Å². The Morgan fingerprint density at radius 3 is 3.17 bits per heavy atom. The van der Waals surface area contributed by atoms with Crippen LogP contribution >= 0.6 is 11.3 Å². The van der Waals surface area contributed by atoms with Gasteiger partial charge >= 0.3 is 0 Å². The van der Waals surface area contributed by atoms with Gasteiger partial charge < -0.3 is 5.32 Å². The van der Waals surface area contributed by atoms with Crippen molar-refractivity contribution in [1.82, 2.24) is 25.1 Å². The van der Waals surface area contributed by atoms with Gasteiger partial charge in [0, 0.05) is 24.5 Å². The van der Waals surface area contributed by atoms with E-state index in [4.69, 9.17) is 0 Å². The molecule has 0 saturated carbocycles. The summed E-state index contributed by atoms with van der Waals surface area (Å²) in [4.78, 5) is 17.5. The zero-order valence-electron chi connectivity index (χ0n) is 13.2. The van der Waals surface area contributed by atoms with Crippen LogP contribution in [-0.2, 0) is 6.54 Å². The van der Waals surface area contributed by atoms with Crippen molar-refractivity contribution in [2.24, 2.45) is 0 Å². The predicted octanol–water partition coefficient (Wildman–Crippen LogP) is 2.69. The number of aromatic amines is 1. The van der Waals surface area contributed by atoms with E-state index in [1.54, 1.807) is 10.9 Å². The van der Waals surface area contributed by atoms with E-state index in [1.165, 1.54) is 16.9 Å². The molecule has 24 heavy (non-hydrogen) atoms. The van der Waals surface area contributed by atoms with E-state index < -0.39 is 0 Å². The smallest absolute Gasteiger partial charge is 0.262 e. The zero-order valence-corrected chi connectivity index (χ0v) is 14.0. The molecule has 0 amide bonds. The molecule has 0 aliphatic carbocycles. The van der Waals surface area contributed by atoms with Gasteiger partial charge in [0.2, 0.25) is 0 Å². The van der Waals surface area contributed by atoms with Crippen LogP contribution in [0.15, 0.2) is 47.0 Å². The molecule has 0 fully saturated rings. The highest BCUT2D eigenvalue weighted by Gasteiger charge is 2.10. The van der Waals surface area contributed by atoms with E-state index in [-0.39, 0.29) is 11.6 Å². The Bertz CT molecular complexity index is 1050. The first-order valence-electron chi connectivity index (χ1n) is 7.82. The molecule has 2 N–H and O–H groups in total. The molecule has 4 rings (SSSR count). The summed E-state index contributed by atoms with van der Waals surface area (Å²) in [5.41, 5.74) is 2.25. The van der Waals surface area contributed by atoms with Crippen LogP contribution in [0, 0.1) is 0 Å². The van der Waals surface area contributed by atoms with Crippen molar-refractivity contribution in [2.45, 2.75) is 19.5 Å². The molecule has 0 saturated heterocycles. The van der Waals surface area contributed by atoms with E-state index in [2.05, 4.69) is 33.5 Å². The Morgan fingerprint density at radius 2 is 2.25 bits per heavy atom. The average molecular weight is 339 g/mol. The summed E-state index contributed by atoms with van der Waals surface area (Å²) in [7, 11) is 0. The third-order valence-electron chi connectivity index (χ3n) is 4.24. The van der Waals surface area contributed by atoms with Crippen molar-refractivity contribution in [3.05, 3.63) is 58.1 Å².